The van der Waals surface area contributed by atoms with Gasteiger partial charge in [-0.25, -0.2) is 0 Å². The van der Waals surface area contributed by atoms with Crippen LogP contribution in [0.25, 0.3) is 0 Å². The maximum absolute atomic E-state index is 13.4. The van der Waals surface area contributed by atoms with Gasteiger partial charge in [0.15, 0.2) is 0 Å². The summed E-state index contributed by atoms with van der Waals surface area (Å²) < 4.78 is 0. The first-order valence-corrected chi connectivity index (χ1v) is 12.8. The number of amides is 2. The quantitative estimate of drug-likeness (QED) is 0.474. The molecule has 2 aromatic carbocycles. The Morgan fingerprint density at radius 3 is 2.44 bits per heavy atom. The van der Waals surface area contributed by atoms with Crippen molar-refractivity contribution in [3.05, 3.63) is 65.2 Å². The largest absolute Gasteiger partial charge is 0.352 e. The lowest BCUT2D eigenvalue weighted by Crippen LogP contribution is -2.51. The van der Waals surface area contributed by atoms with Gasteiger partial charge in [-0.3, -0.25) is 9.59 Å². The van der Waals surface area contributed by atoms with Crippen molar-refractivity contribution in [1.82, 2.24) is 10.2 Å². The van der Waals surface area contributed by atoms with Crippen molar-refractivity contribution in [2.45, 2.75) is 82.8 Å². The van der Waals surface area contributed by atoms with Gasteiger partial charge >= 0.3 is 0 Å². The smallest absolute Gasteiger partial charge is 0.243 e. The molecule has 1 saturated carbocycles. The van der Waals surface area contributed by atoms with Crippen LogP contribution in [0.15, 0.2) is 53.4 Å². The van der Waals surface area contributed by atoms with Crippen molar-refractivity contribution in [1.29, 1.82) is 0 Å². The highest BCUT2D eigenvalue weighted by molar-refractivity contribution is 7.99. The summed E-state index contributed by atoms with van der Waals surface area (Å²) in [6.45, 7) is 6.59. The van der Waals surface area contributed by atoms with Gasteiger partial charge in [0, 0.05) is 29.7 Å². The lowest BCUT2D eigenvalue weighted by Gasteiger charge is -2.31. The minimum Gasteiger partial charge on any atom is -0.352 e. The van der Waals surface area contributed by atoms with Gasteiger partial charge < -0.3 is 10.2 Å². The maximum atomic E-state index is 13.4. The molecule has 1 aliphatic carbocycles. The first kappa shape index (κ1) is 24.4. The average Bonchev–Trinajstić information content (AvgIpc) is 3.28. The highest BCUT2D eigenvalue weighted by Gasteiger charge is 2.30. The van der Waals surface area contributed by atoms with Crippen molar-refractivity contribution >= 4 is 23.6 Å². The third-order valence-electron chi connectivity index (χ3n) is 6.13. The number of benzene rings is 2. The molecule has 1 N–H and O–H groups in total. The molecule has 0 radical (unpaired) electrons. The van der Waals surface area contributed by atoms with E-state index in [-0.39, 0.29) is 17.9 Å². The SMILES string of the molecule is CCC(C(=O)NC1CCCC1)N(Cc1cccc(C)c1)C(=O)CCSc1ccc(C)cc1. The Balaban J connectivity index is 1.69. The summed E-state index contributed by atoms with van der Waals surface area (Å²) in [4.78, 5) is 29.5. The van der Waals surface area contributed by atoms with E-state index in [4.69, 9.17) is 0 Å². The van der Waals surface area contributed by atoms with Crippen LogP contribution in [0.4, 0.5) is 0 Å². The molecule has 0 aromatic heterocycles. The molecule has 1 atom stereocenters. The molecular weight excluding hydrogens is 416 g/mol. The fourth-order valence-corrected chi connectivity index (χ4v) is 5.17. The molecule has 0 saturated heterocycles. The predicted molar refractivity (Wildman–Crippen MR) is 133 cm³/mol. The minimum atomic E-state index is -0.437. The van der Waals surface area contributed by atoms with Gasteiger partial charge in [-0.05, 0) is 50.8 Å². The van der Waals surface area contributed by atoms with E-state index in [9.17, 15) is 9.59 Å². The van der Waals surface area contributed by atoms with Crippen LogP contribution in [-0.4, -0.2) is 34.6 Å². The minimum absolute atomic E-state index is 0.00779. The number of nitrogens with zero attached hydrogens (tertiary/aromatic N) is 1. The normalized spacial score (nSPS) is 14.8. The van der Waals surface area contributed by atoms with Gasteiger partial charge in [0.25, 0.3) is 0 Å². The monoisotopic (exact) mass is 452 g/mol. The maximum Gasteiger partial charge on any atom is 0.243 e. The summed E-state index contributed by atoms with van der Waals surface area (Å²) in [7, 11) is 0. The molecule has 5 heteroatoms. The molecule has 0 spiro atoms. The Labute approximate surface area is 197 Å². The summed E-state index contributed by atoms with van der Waals surface area (Å²) in [6.07, 6.45) is 5.45. The van der Waals surface area contributed by atoms with Gasteiger partial charge in [-0.2, -0.15) is 0 Å². The van der Waals surface area contributed by atoms with E-state index in [1.54, 1.807) is 16.7 Å². The molecule has 2 amide bonds. The third kappa shape index (κ3) is 7.13. The summed E-state index contributed by atoms with van der Waals surface area (Å²) in [5, 5.41) is 3.21. The fourth-order valence-electron chi connectivity index (χ4n) is 4.33. The molecule has 0 bridgehead atoms. The summed E-state index contributed by atoms with van der Waals surface area (Å²) in [5.41, 5.74) is 3.46. The van der Waals surface area contributed by atoms with E-state index in [1.807, 2.05) is 19.1 Å². The second kappa shape index (κ2) is 12.1. The second-order valence-electron chi connectivity index (χ2n) is 8.84. The van der Waals surface area contributed by atoms with Gasteiger partial charge in [0.05, 0.1) is 0 Å². The van der Waals surface area contributed by atoms with E-state index >= 15 is 0 Å². The molecule has 1 unspecified atom stereocenters. The van der Waals surface area contributed by atoms with Crippen LogP contribution < -0.4 is 5.32 Å². The number of thioether (sulfide) groups is 1. The lowest BCUT2D eigenvalue weighted by molar-refractivity contribution is -0.141. The number of aryl methyl sites for hydroxylation is 2. The number of rotatable bonds is 10. The van der Waals surface area contributed by atoms with E-state index in [2.05, 4.69) is 55.6 Å². The molecule has 32 heavy (non-hydrogen) atoms. The van der Waals surface area contributed by atoms with Crippen LogP contribution in [0.3, 0.4) is 0 Å². The van der Waals surface area contributed by atoms with Gasteiger partial charge in [-0.15, -0.1) is 11.8 Å². The van der Waals surface area contributed by atoms with Gasteiger partial charge in [0.1, 0.15) is 6.04 Å². The van der Waals surface area contributed by atoms with E-state index in [0.29, 0.717) is 25.1 Å². The van der Waals surface area contributed by atoms with Crippen LogP contribution in [0.2, 0.25) is 0 Å². The highest BCUT2D eigenvalue weighted by atomic mass is 32.2. The molecule has 172 valence electrons. The average molecular weight is 453 g/mol. The zero-order valence-corrected chi connectivity index (χ0v) is 20.4. The number of nitrogens with one attached hydrogen (secondary N) is 1. The molecule has 2 aromatic rings. The van der Waals surface area contributed by atoms with Crippen LogP contribution in [0.1, 0.15) is 62.1 Å². The van der Waals surface area contributed by atoms with Crippen LogP contribution in [-0.2, 0) is 16.1 Å². The highest BCUT2D eigenvalue weighted by Crippen LogP contribution is 2.22. The van der Waals surface area contributed by atoms with Crippen LogP contribution in [0.5, 0.6) is 0 Å². The fraction of sp³-hybridized carbons (Fsp3) is 0.481. The van der Waals surface area contributed by atoms with E-state index in [0.717, 1.165) is 24.0 Å². The number of hydrogen-bond acceptors (Lipinski definition) is 3. The van der Waals surface area contributed by atoms with Crippen LogP contribution >= 0.6 is 11.8 Å². The Morgan fingerprint density at radius 1 is 1.06 bits per heavy atom. The van der Waals surface area contributed by atoms with Crippen molar-refractivity contribution < 1.29 is 9.59 Å². The van der Waals surface area contributed by atoms with Crippen molar-refractivity contribution in [2.75, 3.05) is 5.75 Å². The zero-order valence-electron chi connectivity index (χ0n) is 19.6. The molecule has 0 heterocycles. The Hall–Kier alpha value is -2.27. The standard InChI is InChI=1S/C27H36N2O2S/c1-4-25(27(31)28-23-10-5-6-11-23)29(19-22-9-7-8-21(3)18-22)26(30)16-17-32-24-14-12-20(2)13-15-24/h7-9,12-15,18,23,25H,4-6,10-11,16-17,19H2,1-3H3,(H,28,31). The topological polar surface area (TPSA) is 49.4 Å². The summed E-state index contributed by atoms with van der Waals surface area (Å²) in [6, 6.07) is 16.4. The summed E-state index contributed by atoms with van der Waals surface area (Å²) in [5.74, 6) is 0.735. The Bertz CT molecular complexity index is 891. The second-order valence-corrected chi connectivity index (χ2v) is 10.0. The van der Waals surface area contributed by atoms with Crippen molar-refractivity contribution in [2.24, 2.45) is 0 Å². The van der Waals surface area contributed by atoms with Crippen LogP contribution in [0, 0.1) is 13.8 Å². The van der Waals surface area contributed by atoms with Crippen molar-refractivity contribution in [3.63, 3.8) is 0 Å². The third-order valence-corrected chi connectivity index (χ3v) is 7.14. The number of hydrogen-bond donors (Lipinski definition) is 1. The number of carbonyl (C=O) groups is 2. The van der Waals surface area contributed by atoms with E-state index < -0.39 is 6.04 Å². The lowest BCUT2D eigenvalue weighted by atomic mass is 10.1. The van der Waals surface area contributed by atoms with E-state index in [1.165, 1.54) is 23.3 Å². The first-order valence-electron chi connectivity index (χ1n) is 11.8. The Morgan fingerprint density at radius 2 is 1.78 bits per heavy atom. The molecule has 3 rings (SSSR count). The predicted octanol–water partition coefficient (Wildman–Crippen LogP) is 5.65. The molecule has 1 fully saturated rings. The first-order chi connectivity index (χ1) is 15.5. The molecule has 1 aliphatic rings. The number of carbonyl (C=O) groups excluding carboxylic acids is 2. The molecular formula is C27H36N2O2S. The Kier molecular flexibility index (Phi) is 9.22. The van der Waals surface area contributed by atoms with Gasteiger partial charge in [-0.1, -0.05) is 67.3 Å². The molecule has 4 nitrogen and oxygen atoms in total. The zero-order chi connectivity index (χ0) is 22.9. The summed E-state index contributed by atoms with van der Waals surface area (Å²) >= 11 is 1.69. The van der Waals surface area contributed by atoms with Crippen molar-refractivity contribution in [3.8, 4) is 0 Å². The molecule has 0 aliphatic heterocycles. The van der Waals surface area contributed by atoms with Gasteiger partial charge in [0.2, 0.25) is 11.8 Å².